The van der Waals surface area contributed by atoms with E-state index >= 15 is 0 Å². The van der Waals surface area contributed by atoms with Gasteiger partial charge in [0.05, 0.1) is 4.92 Å². The Balaban J connectivity index is 2.73. The molecule has 2 N–H and O–H groups in total. The van der Waals surface area contributed by atoms with Crippen LogP contribution in [0.5, 0.6) is 5.75 Å². The van der Waals surface area contributed by atoms with Crippen LogP contribution in [0.25, 0.3) is 0 Å². The number of nitrogens with one attached hydrogen (secondary N) is 1. The topological polar surface area (TPSA) is 119 Å². The van der Waals surface area contributed by atoms with E-state index in [4.69, 9.17) is 9.84 Å². The molecular weight excluding hydrogens is 275 g/mol. The summed E-state index contributed by atoms with van der Waals surface area (Å²) in [6.07, 6.45) is 0. The van der Waals surface area contributed by atoms with E-state index in [1.165, 1.54) is 0 Å². The Bertz CT molecular complexity index is 548. The molecule has 1 rings (SSSR count). The lowest BCUT2D eigenvalue weighted by atomic mass is 10.3. The number of carboxylic acids is 1. The lowest BCUT2D eigenvalue weighted by Crippen LogP contribution is -2.43. The van der Waals surface area contributed by atoms with Crippen molar-refractivity contribution in [3.63, 3.8) is 0 Å². The molecular formula is C11H11FN2O6. The van der Waals surface area contributed by atoms with Crippen LogP contribution < -0.4 is 10.1 Å². The molecule has 0 saturated heterocycles. The number of hydrogen-bond donors (Lipinski definition) is 2. The average Bonchev–Trinajstić information content (AvgIpc) is 2.33. The van der Waals surface area contributed by atoms with Crippen molar-refractivity contribution >= 4 is 17.6 Å². The monoisotopic (exact) mass is 286 g/mol. The summed E-state index contributed by atoms with van der Waals surface area (Å²) >= 11 is 0. The second-order valence-electron chi connectivity index (χ2n) is 3.77. The average molecular weight is 286 g/mol. The third-order valence-corrected chi connectivity index (χ3v) is 2.21. The summed E-state index contributed by atoms with van der Waals surface area (Å²) in [6.45, 7) is 0.702. The summed E-state index contributed by atoms with van der Waals surface area (Å²) in [4.78, 5) is 31.1. The summed E-state index contributed by atoms with van der Waals surface area (Å²) in [5, 5.41) is 21.4. The summed E-state index contributed by atoms with van der Waals surface area (Å²) in [6, 6.07) is 1.50. The van der Waals surface area contributed by atoms with E-state index in [2.05, 4.69) is 5.32 Å². The first-order valence-electron chi connectivity index (χ1n) is 5.38. The maximum atomic E-state index is 13.3. The van der Waals surface area contributed by atoms with Gasteiger partial charge in [-0.2, -0.15) is 4.39 Å². The number of amides is 1. The minimum atomic E-state index is -1.32. The number of aliphatic carboxylic acids is 1. The molecule has 0 aliphatic rings. The lowest BCUT2D eigenvalue weighted by molar-refractivity contribution is -0.387. The molecule has 0 spiro atoms. The number of hydrogen-bond acceptors (Lipinski definition) is 5. The molecule has 0 radical (unpaired) electrons. The van der Waals surface area contributed by atoms with Gasteiger partial charge < -0.3 is 15.2 Å². The molecule has 9 heteroatoms. The van der Waals surface area contributed by atoms with Crippen LogP contribution in [0.15, 0.2) is 18.2 Å². The Kier molecular flexibility index (Phi) is 4.95. The Labute approximate surface area is 112 Å². The maximum Gasteiger partial charge on any atom is 0.329 e. The highest BCUT2D eigenvalue weighted by Crippen LogP contribution is 2.22. The standard InChI is InChI=1S/C11H11FN2O6/c1-6(15)13-9(11(16)17)5-20-7-2-3-10(14(18)19)8(12)4-7/h2-4,9H,5H2,1H3,(H,13,15)(H,16,17). The normalized spacial score (nSPS) is 11.5. The van der Waals surface area contributed by atoms with Crippen LogP contribution in [0.2, 0.25) is 0 Å². The van der Waals surface area contributed by atoms with Gasteiger partial charge in [-0.25, -0.2) is 4.79 Å². The van der Waals surface area contributed by atoms with Crippen LogP contribution >= 0.6 is 0 Å². The molecule has 0 heterocycles. The van der Waals surface area contributed by atoms with Gasteiger partial charge in [0.2, 0.25) is 11.7 Å². The van der Waals surface area contributed by atoms with Crippen LogP contribution in [0.4, 0.5) is 10.1 Å². The molecule has 1 aromatic rings. The number of benzene rings is 1. The van der Waals surface area contributed by atoms with Gasteiger partial charge in [-0.05, 0) is 6.07 Å². The van der Waals surface area contributed by atoms with Gasteiger partial charge in [0.25, 0.3) is 0 Å². The van der Waals surface area contributed by atoms with Crippen LogP contribution in [0.1, 0.15) is 6.92 Å². The summed E-state index contributed by atoms with van der Waals surface area (Å²) in [7, 11) is 0. The van der Waals surface area contributed by atoms with Gasteiger partial charge in [-0.15, -0.1) is 0 Å². The molecule has 0 aliphatic heterocycles. The molecule has 1 unspecified atom stereocenters. The summed E-state index contributed by atoms with van der Waals surface area (Å²) in [5.41, 5.74) is -0.714. The molecule has 1 amide bonds. The minimum Gasteiger partial charge on any atom is -0.491 e. The fraction of sp³-hybridized carbons (Fsp3) is 0.273. The highest BCUT2D eigenvalue weighted by molar-refractivity contribution is 5.82. The first kappa shape index (κ1) is 15.3. The maximum absolute atomic E-state index is 13.3. The second-order valence-corrected chi connectivity index (χ2v) is 3.77. The molecule has 1 aromatic carbocycles. The molecule has 0 saturated carbocycles. The number of nitrogens with zero attached hydrogens (tertiary/aromatic N) is 1. The van der Waals surface area contributed by atoms with Crippen molar-refractivity contribution in [2.24, 2.45) is 0 Å². The summed E-state index contributed by atoms with van der Waals surface area (Å²) < 4.78 is 18.3. The van der Waals surface area contributed by atoms with Gasteiger partial charge in [0.15, 0.2) is 6.04 Å². The number of carbonyl (C=O) groups is 2. The molecule has 1 atom stereocenters. The number of carboxylic acid groups (broad SMARTS) is 1. The number of halogens is 1. The van der Waals surface area contributed by atoms with Crippen molar-refractivity contribution in [2.45, 2.75) is 13.0 Å². The lowest BCUT2D eigenvalue weighted by Gasteiger charge is -2.14. The minimum absolute atomic E-state index is 0.0790. The van der Waals surface area contributed by atoms with Crippen LogP contribution in [0, 0.1) is 15.9 Å². The molecule has 0 aromatic heterocycles. The van der Waals surface area contributed by atoms with Crippen molar-refractivity contribution in [3.05, 3.63) is 34.1 Å². The van der Waals surface area contributed by atoms with Crippen molar-refractivity contribution < 1.29 is 28.7 Å². The van der Waals surface area contributed by atoms with E-state index in [-0.39, 0.29) is 5.75 Å². The van der Waals surface area contributed by atoms with Gasteiger partial charge in [0.1, 0.15) is 12.4 Å². The first-order chi connectivity index (χ1) is 9.31. The summed E-state index contributed by atoms with van der Waals surface area (Å²) in [5.74, 6) is -3.05. The third-order valence-electron chi connectivity index (χ3n) is 2.21. The van der Waals surface area contributed by atoms with Gasteiger partial charge in [-0.3, -0.25) is 14.9 Å². The van der Waals surface area contributed by atoms with Gasteiger partial charge >= 0.3 is 11.7 Å². The second kappa shape index (κ2) is 6.45. The number of nitro benzene ring substituents is 1. The highest BCUT2D eigenvalue weighted by atomic mass is 19.1. The third kappa shape index (κ3) is 4.19. The van der Waals surface area contributed by atoms with E-state index in [9.17, 15) is 24.1 Å². The zero-order chi connectivity index (χ0) is 15.3. The van der Waals surface area contributed by atoms with Crippen molar-refractivity contribution in [1.82, 2.24) is 5.32 Å². The van der Waals surface area contributed by atoms with Crippen LogP contribution in [-0.2, 0) is 9.59 Å². The van der Waals surface area contributed by atoms with E-state index < -0.39 is 41.0 Å². The quantitative estimate of drug-likeness (QED) is 0.587. The Morgan fingerprint density at radius 3 is 2.65 bits per heavy atom. The zero-order valence-corrected chi connectivity index (χ0v) is 10.3. The highest BCUT2D eigenvalue weighted by Gasteiger charge is 2.20. The Morgan fingerprint density at radius 1 is 1.55 bits per heavy atom. The van der Waals surface area contributed by atoms with Crippen LogP contribution in [-0.4, -0.2) is 34.6 Å². The number of carbonyl (C=O) groups excluding carboxylic acids is 1. The Hall–Kier alpha value is -2.71. The van der Waals surface area contributed by atoms with Gasteiger partial charge in [-0.1, -0.05) is 0 Å². The predicted molar refractivity (Wildman–Crippen MR) is 63.8 cm³/mol. The van der Waals surface area contributed by atoms with Crippen molar-refractivity contribution in [1.29, 1.82) is 0 Å². The van der Waals surface area contributed by atoms with E-state index in [0.29, 0.717) is 0 Å². The molecule has 20 heavy (non-hydrogen) atoms. The zero-order valence-electron chi connectivity index (χ0n) is 10.3. The largest absolute Gasteiger partial charge is 0.491 e. The molecule has 8 nitrogen and oxygen atoms in total. The Morgan fingerprint density at radius 2 is 2.20 bits per heavy atom. The van der Waals surface area contributed by atoms with E-state index in [1.807, 2.05) is 0 Å². The first-order valence-corrected chi connectivity index (χ1v) is 5.38. The SMILES string of the molecule is CC(=O)NC(COc1ccc([N+](=O)[O-])c(F)c1)C(=O)O. The number of rotatable bonds is 6. The van der Waals surface area contributed by atoms with Crippen molar-refractivity contribution in [3.8, 4) is 5.75 Å². The number of ether oxygens (including phenoxy) is 1. The predicted octanol–water partition coefficient (Wildman–Crippen LogP) is 0.702. The van der Waals surface area contributed by atoms with Crippen molar-refractivity contribution in [2.75, 3.05) is 6.61 Å². The van der Waals surface area contributed by atoms with E-state index in [1.54, 1.807) is 0 Å². The fourth-order valence-corrected chi connectivity index (χ4v) is 1.33. The molecule has 0 aliphatic carbocycles. The van der Waals surface area contributed by atoms with E-state index in [0.717, 1.165) is 25.1 Å². The molecule has 108 valence electrons. The van der Waals surface area contributed by atoms with Crippen LogP contribution in [0.3, 0.4) is 0 Å². The number of nitro groups is 1. The molecule has 0 bridgehead atoms. The molecule has 0 fully saturated rings. The van der Waals surface area contributed by atoms with Gasteiger partial charge in [0, 0.05) is 19.1 Å². The smallest absolute Gasteiger partial charge is 0.329 e. The fourth-order valence-electron chi connectivity index (χ4n) is 1.33.